The van der Waals surface area contributed by atoms with Crippen LogP contribution in [0.1, 0.15) is 11.3 Å². The molecule has 0 aliphatic heterocycles. The smallest absolute Gasteiger partial charge is 0.162 e. The van der Waals surface area contributed by atoms with Gasteiger partial charge < -0.3 is 14.8 Å². The minimum absolute atomic E-state index is 0.486. The number of halogens is 2. The van der Waals surface area contributed by atoms with Gasteiger partial charge in [0.2, 0.25) is 0 Å². The molecule has 2 aromatic carbocycles. The molecule has 30 heavy (non-hydrogen) atoms. The number of nitrogens with one attached hydrogen (secondary N) is 1. The summed E-state index contributed by atoms with van der Waals surface area (Å²) in [6.45, 7) is 3.84. The summed E-state index contributed by atoms with van der Waals surface area (Å²) in [6, 6.07) is 9.24. The Bertz CT molecular complexity index is 1250. The molecule has 4 aromatic rings. The highest BCUT2D eigenvalue weighted by atomic mass is 19.2. The lowest BCUT2D eigenvalue weighted by Gasteiger charge is -2.12. The zero-order chi connectivity index (χ0) is 21.4. The van der Waals surface area contributed by atoms with Crippen molar-refractivity contribution in [2.75, 3.05) is 19.5 Å². The normalized spacial score (nSPS) is 11.0. The molecule has 0 fully saturated rings. The van der Waals surface area contributed by atoms with Crippen molar-refractivity contribution in [1.29, 1.82) is 0 Å². The van der Waals surface area contributed by atoms with Crippen LogP contribution >= 0.6 is 0 Å². The zero-order valence-electron chi connectivity index (χ0n) is 17.0. The summed E-state index contributed by atoms with van der Waals surface area (Å²) in [5, 5.41) is 4.08. The SMILES string of the molecule is COc1ccc(Nc2ncnc3c2c(C)c(C)n3-c2ccc(F)c(F)c2)cc1OC. The molecular formula is C22H20F2N4O2. The van der Waals surface area contributed by atoms with Crippen LogP contribution in [0.15, 0.2) is 42.7 Å². The van der Waals surface area contributed by atoms with E-state index < -0.39 is 11.6 Å². The van der Waals surface area contributed by atoms with Gasteiger partial charge in [-0.1, -0.05) is 0 Å². The molecule has 0 spiro atoms. The van der Waals surface area contributed by atoms with Gasteiger partial charge >= 0.3 is 0 Å². The van der Waals surface area contributed by atoms with Crippen molar-refractivity contribution in [3.05, 3.63) is 65.6 Å². The Balaban J connectivity index is 1.84. The number of methoxy groups -OCH3 is 2. The number of aryl methyl sites for hydroxylation is 1. The first-order valence-electron chi connectivity index (χ1n) is 9.21. The molecule has 0 aliphatic carbocycles. The van der Waals surface area contributed by atoms with Gasteiger partial charge in [-0.05, 0) is 43.7 Å². The maximum absolute atomic E-state index is 13.8. The highest BCUT2D eigenvalue weighted by Crippen LogP contribution is 2.35. The Labute approximate surface area is 172 Å². The van der Waals surface area contributed by atoms with Crippen molar-refractivity contribution in [2.45, 2.75) is 13.8 Å². The average Bonchev–Trinajstić information content (AvgIpc) is 3.01. The maximum Gasteiger partial charge on any atom is 0.162 e. The summed E-state index contributed by atoms with van der Waals surface area (Å²) in [5.41, 5.74) is 3.62. The molecule has 1 N–H and O–H groups in total. The molecule has 4 rings (SSSR count). The van der Waals surface area contributed by atoms with E-state index in [1.165, 1.54) is 12.4 Å². The van der Waals surface area contributed by atoms with Gasteiger partial charge in [-0.2, -0.15) is 0 Å². The van der Waals surface area contributed by atoms with Crippen molar-refractivity contribution >= 4 is 22.5 Å². The molecule has 0 aliphatic rings. The Hall–Kier alpha value is -3.68. The predicted molar refractivity (Wildman–Crippen MR) is 111 cm³/mol. The average molecular weight is 410 g/mol. The van der Waals surface area contributed by atoms with E-state index in [0.717, 1.165) is 34.5 Å². The van der Waals surface area contributed by atoms with Crippen LogP contribution in [0.3, 0.4) is 0 Å². The highest BCUT2D eigenvalue weighted by Gasteiger charge is 2.19. The van der Waals surface area contributed by atoms with E-state index in [1.54, 1.807) is 30.9 Å². The topological polar surface area (TPSA) is 61.2 Å². The second-order valence-electron chi connectivity index (χ2n) is 6.76. The van der Waals surface area contributed by atoms with E-state index in [4.69, 9.17) is 9.47 Å². The van der Waals surface area contributed by atoms with Crippen LogP contribution in [0, 0.1) is 25.5 Å². The number of hydrogen-bond donors (Lipinski definition) is 1. The molecular weight excluding hydrogens is 390 g/mol. The number of nitrogens with zero attached hydrogens (tertiary/aromatic N) is 3. The highest BCUT2D eigenvalue weighted by molar-refractivity contribution is 5.94. The van der Waals surface area contributed by atoms with Gasteiger partial charge in [0.05, 0.1) is 25.3 Å². The third-order valence-electron chi connectivity index (χ3n) is 5.10. The minimum atomic E-state index is -0.913. The quantitative estimate of drug-likeness (QED) is 0.497. The second kappa shape index (κ2) is 7.62. The fourth-order valence-corrected chi connectivity index (χ4v) is 3.48. The van der Waals surface area contributed by atoms with Crippen molar-refractivity contribution in [1.82, 2.24) is 14.5 Å². The minimum Gasteiger partial charge on any atom is -0.493 e. The van der Waals surface area contributed by atoms with E-state index in [1.807, 2.05) is 19.9 Å². The van der Waals surface area contributed by atoms with Crippen LogP contribution in [-0.2, 0) is 0 Å². The summed E-state index contributed by atoms with van der Waals surface area (Å²) < 4.78 is 39.7. The number of rotatable bonds is 5. The molecule has 0 amide bonds. The van der Waals surface area contributed by atoms with Gasteiger partial charge in [0.25, 0.3) is 0 Å². The number of hydrogen-bond acceptors (Lipinski definition) is 5. The van der Waals surface area contributed by atoms with Crippen LogP contribution in [0.25, 0.3) is 16.7 Å². The van der Waals surface area contributed by atoms with Gasteiger partial charge in [0.1, 0.15) is 12.1 Å². The molecule has 0 atom stereocenters. The van der Waals surface area contributed by atoms with Gasteiger partial charge in [-0.15, -0.1) is 0 Å². The van der Waals surface area contributed by atoms with Crippen LogP contribution in [0.2, 0.25) is 0 Å². The Morgan fingerprint density at radius 2 is 1.67 bits per heavy atom. The van der Waals surface area contributed by atoms with Gasteiger partial charge in [0, 0.05) is 23.5 Å². The first-order chi connectivity index (χ1) is 14.4. The fourth-order valence-electron chi connectivity index (χ4n) is 3.48. The van der Waals surface area contributed by atoms with Crippen molar-refractivity contribution in [2.24, 2.45) is 0 Å². The Kier molecular flexibility index (Phi) is 4.99. The van der Waals surface area contributed by atoms with Crippen LogP contribution in [0.4, 0.5) is 20.3 Å². The summed E-state index contributed by atoms with van der Waals surface area (Å²) in [5.74, 6) is -0.0132. The van der Waals surface area contributed by atoms with E-state index in [0.29, 0.717) is 28.7 Å². The number of anilines is 2. The summed E-state index contributed by atoms with van der Waals surface area (Å²) in [7, 11) is 3.14. The molecule has 0 bridgehead atoms. The molecule has 0 radical (unpaired) electrons. The van der Waals surface area contributed by atoms with E-state index in [-0.39, 0.29) is 0 Å². The van der Waals surface area contributed by atoms with Crippen molar-refractivity contribution in [3.8, 4) is 17.2 Å². The first kappa shape index (κ1) is 19.6. The predicted octanol–water partition coefficient (Wildman–Crippen LogP) is 5.08. The Morgan fingerprint density at radius 3 is 2.37 bits per heavy atom. The lowest BCUT2D eigenvalue weighted by Crippen LogP contribution is -2.01. The molecule has 0 saturated heterocycles. The fraction of sp³-hybridized carbons (Fsp3) is 0.182. The lowest BCUT2D eigenvalue weighted by atomic mass is 10.2. The van der Waals surface area contributed by atoms with E-state index >= 15 is 0 Å². The third-order valence-corrected chi connectivity index (χ3v) is 5.10. The van der Waals surface area contributed by atoms with Crippen molar-refractivity contribution < 1.29 is 18.3 Å². The van der Waals surface area contributed by atoms with Crippen LogP contribution in [0.5, 0.6) is 11.5 Å². The molecule has 6 nitrogen and oxygen atoms in total. The zero-order valence-corrected chi connectivity index (χ0v) is 17.0. The summed E-state index contributed by atoms with van der Waals surface area (Å²) in [6.07, 6.45) is 1.43. The van der Waals surface area contributed by atoms with Crippen LogP contribution in [-0.4, -0.2) is 28.8 Å². The molecule has 0 unspecified atom stereocenters. The number of ether oxygens (including phenoxy) is 2. The van der Waals surface area contributed by atoms with E-state index in [2.05, 4.69) is 15.3 Å². The van der Waals surface area contributed by atoms with Gasteiger partial charge in [-0.25, -0.2) is 18.7 Å². The lowest BCUT2D eigenvalue weighted by molar-refractivity contribution is 0.355. The second-order valence-corrected chi connectivity index (χ2v) is 6.76. The van der Waals surface area contributed by atoms with Crippen molar-refractivity contribution in [3.63, 3.8) is 0 Å². The molecule has 2 aromatic heterocycles. The summed E-state index contributed by atoms with van der Waals surface area (Å²) >= 11 is 0. The molecule has 0 saturated carbocycles. The Morgan fingerprint density at radius 1 is 0.900 bits per heavy atom. The monoisotopic (exact) mass is 410 g/mol. The first-order valence-corrected chi connectivity index (χ1v) is 9.21. The standard InChI is InChI=1S/C22H20F2N4O2/c1-12-13(2)28(15-6-7-16(23)17(24)10-15)22-20(12)21(25-11-26-22)27-14-5-8-18(29-3)19(9-14)30-4/h5-11H,1-4H3,(H,25,26,27). The third kappa shape index (κ3) is 3.20. The molecule has 8 heteroatoms. The van der Waals surface area contributed by atoms with Gasteiger partial charge in [-0.3, -0.25) is 4.57 Å². The number of benzene rings is 2. The van der Waals surface area contributed by atoms with E-state index in [9.17, 15) is 8.78 Å². The molecule has 154 valence electrons. The van der Waals surface area contributed by atoms with Crippen LogP contribution < -0.4 is 14.8 Å². The molecule has 2 heterocycles. The maximum atomic E-state index is 13.8. The van der Waals surface area contributed by atoms with Gasteiger partial charge in [0.15, 0.2) is 28.8 Å². The number of fused-ring (bicyclic) bond motifs is 1. The number of aromatic nitrogens is 3. The largest absolute Gasteiger partial charge is 0.493 e. The summed E-state index contributed by atoms with van der Waals surface area (Å²) in [4.78, 5) is 8.80.